The summed E-state index contributed by atoms with van der Waals surface area (Å²) in [6.45, 7) is 3.87. The number of halogens is 1. The molecule has 0 aliphatic carbocycles. The minimum Gasteiger partial charge on any atom is -0.389 e. The van der Waals surface area contributed by atoms with Crippen LogP contribution in [0.25, 0.3) is 0 Å². The summed E-state index contributed by atoms with van der Waals surface area (Å²) >= 11 is 6.39. The van der Waals surface area contributed by atoms with Gasteiger partial charge < -0.3 is 14.9 Å². The predicted molar refractivity (Wildman–Crippen MR) is 81.0 cm³/mol. The third-order valence-electron chi connectivity index (χ3n) is 3.72. The van der Waals surface area contributed by atoms with Crippen molar-refractivity contribution in [1.82, 2.24) is 4.90 Å². The number of aliphatic hydroxyl groups is 1. The Hall–Kier alpha value is -0.770. The average Bonchev–Trinajstić information content (AvgIpc) is 2.75. The number of hydrogen-bond donors (Lipinski definition) is 1. The van der Waals surface area contributed by atoms with Crippen LogP contribution in [0.3, 0.4) is 0 Å². The molecule has 1 saturated heterocycles. The lowest BCUT2D eigenvalue weighted by Gasteiger charge is -2.30. The first-order chi connectivity index (χ1) is 8.99. The Kier molecular flexibility index (Phi) is 4.71. The Balaban J connectivity index is 2.21. The summed E-state index contributed by atoms with van der Waals surface area (Å²) in [6.07, 6.45) is 1.96. The highest BCUT2D eigenvalue weighted by Gasteiger charge is 2.26. The molecule has 4 heteroatoms. The van der Waals surface area contributed by atoms with Crippen LogP contribution in [-0.4, -0.2) is 43.2 Å². The number of hydrogen-bond acceptors (Lipinski definition) is 3. The molecule has 0 bridgehead atoms. The number of rotatable bonds is 4. The summed E-state index contributed by atoms with van der Waals surface area (Å²) in [4.78, 5) is 4.62. The van der Waals surface area contributed by atoms with Crippen LogP contribution in [0.5, 0.6) is 0 Å². The van der Waals surface area contributed by atoms with Gasteiger partial charge in [0.1, 0.15) is 0 Å². The second-order valence-corrected chi connectivity index (χ2v) is 6.05. The highest BCUT2D eigenvalue weighted by atomic mass is 35.5. The molecular formula is C15H23ClN2O. The van der Waals surface area contributed by atoms with Crippen molar-refractivity contribution in [3.8, 4) is 0 Å². The number of likely N-dealkylation sites (N-methyl/N-ethyl adjacent to an activating group) is 1. The van der Waals surface area contributed by atoms with Gasteiger partial charge in [0.15, 0.2) is 0 Å². The minimum atomic E-state index is -0.470. The lowest BCUT2D eigenvalue weighted by Crippen LogP contribution is -2.37. The molecule has 1 heterocycles. The maximum Gasteiger partial charge on any atom is 0.0762 e. The monoisotopic (exact) mass is 282 g/mol. The first-order valence-electron chi connectivity index (χ1n) is 6.88. The van der Waals surface area contributed by atoms with E-state index in [9.17, 15) is 5.11 Å². The molecule has 2 atom stereocenters. The van der Waals surface area contributed by atoms with E-state index in [-0.39, 0.29) is 0 Å². The highest BCUT2D eigenvalue weighted by molar-refractivity contribution is 6.33. The smallest absolute Gasteiger partial charge is 0.0762 e. The van der Waals surface area contributed by atoms with E-state index in [0.29, 0.717) is 6.04 Å². The second-order valence-electron chi connectivity index (χ2n) is 5.64. The van der Waals surface area contributed by atoms with E-state index in [0.717, 1.165) is 29.4 Å². The number of nitrogens with zero attached hydrogens (tertiary/aromatic N) is 2. The van der Waals surface area contributed by atoms with Crippen molar-refractivity contribution >= 4 is 17.3 Å². The lowest BCUT2D eigenvalue weighted by molar-refractivity contribution is 0.199. The largest absolute Gasteiger partial charge is 0.389 e. The van der Waals surface area contributed by atoms with Crippen molar-refractivity contribution in [3.05, 3.63) is 28.8 Å². The van der Waals surface area contributed by atoms with Gasteiger partial charge in [-0.25, -0.2) is 0 Å². The molecule has 1 aromatic carbocycles. The van der Waals surface area contributed by atoms with Gasteiger partial charge in [-0.2, -0.15) is 0 Å². The van der Waals surface area contributed by atoms with E-state index in [1.165, 1.54) is 12.8 Å². The number of anilines is 1. The highest BCUT2D eigenvalue weighted by Crippen LogP contribution is 2.33. The fourth-order valence-electron chi connectivity index (χ4n) is 2.78. The lowest BCUT2D eigenvalue weighted by atomic mass is 10.1. The zero-order valence-corrected chi connectivity index (χ0v) is 12.7. The molecule has 1 aliphatic rings. The molecule has 0 spiro atoms. The Morgan fingerprint density at radius 1 is 1.47 bits per heavy atom. The zero-order valence-electron chi connectivity index (χ0n) is 11.9. The molecule has 3 nitrogen and oxygen atoms in total. The summed E-state index contributed by atoms with van der Waals surface area (Å²) in [5.74, 6) is 0. The average molecular weight is 283 g/mol. The van der Waals surface area contributed by atoms with Crippen molar-refractivity contribution < 1.29 is 5.11 Å². The minimum absolute atomic E-state index is 0.470. The third kappa shape index (κ3) is 3.41. The Morgan fingerprint density at radius 3 is 2.79 bits per heavy atom. The van der Waals surface area contributed by atoms with Crippen LogP contribution in [-0.2, 0) is 0 Å². The fraction of sp³-hybridized carbons (Fsp3) is 0.600. The van der Waals surface area contributed by atoms with Crippen molar-refractivity contribution in [1.29, 1.82) is 0 Å². The molecule has 106 valence electrons. The van der Waals surface area contributed by atoms with Crippen LogP contribution in [0.15, 0.2) is 18.2 Å². The Morgan fingerprint density at radius 2 is 2.21 bits per heavy atom. The summed E-state index contributed by atoms with van der Waals surface area (Å²) in [7, 11) is 4.21. The molecule has 0 aromatic heterocycles. The molecule has 1 fully saturated rings. The third-order valence-corrected chi connectivity index (χ3v) is 4.02. The van der Waals surface area contributed by atoms with Gasteiger partial charge in [-0.1, -0.05) is 17.7 Å². The van der Waals surface area contributed by atoms with Crippen molar-refractivity contribution in [2.75, 3.05) is 32.1 Å². The first kappa shape index (κ1) is 14.6. The molecule has 0 saturated carbocycles. The predicted octanol–water partition coefficient (Wildman–Crippen LogP) is 2.92. The van der Waals surface area contributed by atoms with Crippen LogP contribution < -0.4 is 4.90 Å². The van der Waals surface area contributed by atoms with Gasteiger partial charge >= 0.3 is 0 Å². The standard InChI is InChI=1S/C15H23ClN2O/c1-11(19)12-6-7-15(14(16)9-12)18-8-4-5-13(18)10-17(2)3/h6-7,9,11,13,19H,4-5,8,10H2,1-3H3/t11-,13?/m1/s1. The van der Waals surface area contributed by atoms with E-state index in [1.54, 1.807) is 6.92 Å². The quantitative estimate of drug-likeness (QED) is 0.920. The maximum atomic E-state index is 9.60. The first-order valence-corrected chi connectivity index (χ1v) is 7.25. The molecule has 1 N–H and O–H groups in total. The SMILES string of the molecule is C[C@@H](O)c1ccc(N2CCCC2CN(C)C)c(Cl)c1. The molecule has 0 radical (unpaired) electrons. The maximum absolute atomic E-state index is 9.60. The molecule has 1 aliphatic heterocycles. The number of aliphatic hydroxyl groups excluding tert-OH is 1. The van der Waals surface area contributed by atoms with Gasteiger partial charge in [0, 0.05) is 19.1 Å². The van der Waals surface area contributed by atoms with Crippen molar-refractivity contribution in [3.63, 3.8) is 0 Å². The number of benzene rings is 1. The van der Waals surface area contributed by atoms with Gasteiger partial charge in [0.2, 0.25) is 0 Å². The van der Waals surface area contributed by atoms with Crippen LogP contribution in [0.1, 0.15) is 31.4 Å². The van der Waals surface area contributed by atoms with Crippen LogP contribution in [0.2, 0.25) is 5.02 Å². The Bertz CT molecular complexity index is 434. The summed E-state index contributed by atoms with van der Waals surface area (Å²) in [5.41, 5.74) is 1.97. The zero-order chi connectivity index (χ0) is 14.0. The van der Waals surface area contributed by atoms with Crippen molar-refractivity contribution in [2.45, 2.75) is 31.9 Å². The Labute approximate surface area is 120 Å². The molecule has 1 aromatic rings. The van der Waals surface area contributed by atoms with Crippen molar-refractivity contribution in [2.24, 2.45) is 0 Å². The van der Waals surface area contributed by atoms with E-state index < -0.39 is 6.10 Å². The molecule has 2 rings (SSSR count). The van der Waals surface area contributed by atoms with E-state index in [4.69, 9.17) is 11.6 Å². The van der Waals surface area contributed by atoms with E-state index in [1.807, 2.05) is 18.2 Å². The normalized spacial score (nSPS) is 21.2. The second kappa shape index (κ2) is 6.12. The van der Waals surface area contributed by atoms with Crippen LogP contribution in [0.4, 0.5) is 5.69 Å². The van der Waals surface area contributed by atoms with Crippen LogP contribution >= 0.6 is 11.6 Å². The van der Waals surface area contributed by atoms with Gasteiger partial charge in [-0.3, -0.25) is 0 Å². The molecule has 1 unspecified atom stereocenters. The molecule has 19 heavy (non-hydrogen) atoms. The molecule has 0 amide bonds. The van der Waals surface area contributed by atoms with E-state index >= 15 is 0 Å². The van der Waals surface area contributed by atoms with Crippen LogP contribution in [0, 0.1) is 0 Å². The summed E-state index contributed by atoms with van der Waals surface area (Å²) < 4.78 is 0. The van der Waals surface area contributed by atoms with Gasteiger partial charge in [-0.05, 0) is 51.6 Å². The van der Waals surface area contributed by atoms with Gasteiger partial charge in [0.25, 0.3) is 0 Å². The topological polar surface area (TPSA) is 26.7 Å². The summed E-state index contributed by atoms with van der Waals surface area (Å²) in [6, 6.07) is 6.42. The van der Waals surface area contributed by atoms with Gasteiger partial charge in [-0.15, -0.1) is 0 Å². The fourth-order valence-corrected chi connectivity index (χ4v) is 3.08. The van der Waals surface area contributed by atoms with Gasteiger partial charge in [0.05, 0.1) is 16.8 Å². The van der Waals surface area contributed by atoms with E-state index in [2.05, 4.69) is 23.9 Å². The molecular weight excluding hydrogens is 260 g/mol. The summed E-state index contributed by atoms with van der Waals surface area (Å²) in [5, 5.41) is 10.3.